The number of aromatic nitrogens is 1. The smallest absolute Gasteiger partial charge is 0.263 e. The van der Waals surface area contributed by atoms with Crippen molar-refractivity contribution in [2.24, 2.45) is 4.99 Å². The predicted octanol–water partition coefficient (Wildman–Crippen LogP) is 2.76. The lowest BCUT2D eigenvalue weighted by Crippen LogP contribution is -2.31. The van der Waals surface area contributed by atoms with Crippen LogP contribution in [0.5, 0.6) is 0 Å². The number of benzene rings is 2. The Kier molecular flexibility index (Phi) is 5.60. The second-order valence-corrected chi connectivity index (χ2v) is 8.98. The fourth-order valence-corrected chi connectivity index (χ4v) is 4.77. The molecule has 3 aromatic rings. The van der Waals surface area contributed by atoms with Gasteiger partial charge in [0.2, 0.25) is 5.91 Å². The van der Waals surface area contributed by atoms with Crippen LogP contribution in [0.3, 0.4) is 0 Å². The topological polar surface area (TPSA) is 120 Å². The zero-order chi connectivity index (χ0) is 22.0. The van der Waals surface area contributed by atoms with E-state index >= 15 is 0 Å². The van der Waals surface area contributed by atoms with Crippen molar-refractivity contribution in [2.75, 3.05) is 5.32 Å². The summed E-state index contributed by atoms with van der Waals surface area (Å²) < 4.78 is 27.1. The first-order valence-electron chi connectivity index (χ1n) is 10.0. The van der Waals surface area contributed by atoms with Gasteiger partial charge in [0, 0.05) is 10.9 Å². The van der Waals surface area contributed by atoms with Crippen molar-refractivity contribution in [1.82, 2.24) is 9.71 Å². The number of amidine groups is 1. The summed E-state index contributed by atoms with van der Waals surface area (Å²) in [5.41, 5.74) is 0.137. The normalized spacial score (nSPS) is 16.6. The van der Waals surface area contributed by atoms with E-state index in [0.717, 1.165) is 12.8 Å². The van der Waals surface area contributed by atoms with Crippen molar-refractivity contribution in [3.05, 3.63) is 70.5 Å². The number of unbranched alkanes of at least 4 members (excludes halogenated alkanes) is 1. The average molecular weight is 439 g/mol. The third kappa shape index (κ3) is 4.22. The number of aliphatic imine (C=N–C) groups is 1. The summed E-state index contributed by atoms with van der Waals surface area (Å²) in [5.74, 6) is -0.00267. The number of aromatic amines is 1. The highest BCUT2D eigenvalue weighted by Gasteiger charge is 2.31. The van der Waals surface area contributed by atoms with E-state index in [4.69, 9.17) is 0 Å². The van der Waals surface area contributed by atoms with Gasteiger partial charge in [-0.25, -0.2) is 8.42 Å². The number of rotatable bonds is 6. The van der Waals surface area contributed by atoms with Crippen LogP contribution in [0.4, 0.5) is 5.82 Å². The maximum absolute atomic E-state index is 13.0. The maximum Gasteiger partial charge on any atom is 0.263 e. The van der Waals surface area contributed by atoms with Gasteiger partial charge in [0.25, 0.3) is 15.6 Å². The highest BCUT2D eigenvalue weighted by molar-refractivity contribution is 7.90. The minimum absolute atomic E-state index is 0.141. The molecule has 2 aromatic carbocycles. The van der Waals surface area contributed by atoms with E-state index in [0.29, 0.717) is 22.8 Å². The number of nitrogens with one attached hydrogen (secondary N) is 3. The summed E-state index contributed by atoms with van der Waals surface area (Å²) in [5, 5.41) is 3.96. The molecule has 0 radical (unpaired) electrons. The molecule has 0 bridgehead atoms. The van der Waals surface area contributed by atoms with E-state index in [-0.39, 0.29) is 22.1 Å². The van der Waals surface area contributed by atoms with Crippen molar-refractivity contribution in [1.29, 1.82) is 0 Å². The molecule has 0 spiro atoms. The van der Waals surface area contributed by atoms with E-state index in [1.165, 1.54) is 6.07 Å². The summed E-state index contributed by atoms with van der Waals surface area (Å²) in [7, 11) is -3.70. The molecule has 4 rings (SSSR count). The van der Waals surface area contributed by atoms with Crippen LogP contribution in [0.15, 0.2) is 69.3 Å². The quantitative estimate of drug-likeness (QED) is 0.548. The number of carbonyl (C=O) groups is 1. The number of H-pyrrole nitrogens is 1. The third-order valence-electron chi connectivity index (χ3n) is 5.09. The van der Waals surface area contributed by atoms with Gasteiger partial charge in [-0.2, -0.15) is 0 Å². The number of hydrogen-bond donors (Lipinski definition) is 3. The predicted molar refractivity (Wildman–Crippen MR) is 120 cm³/mol. The van der Waals surface area contributed by atoms with Crippen LogP contribution in [0.25, 0.3) is 10.8 Å². The molecule has 160 valence electrons. The molecule has 8 nitrogen and oxygen atoms in total. The van der Waals surface area contributed by atoms with Crippen LogP contribution in [-0.2, 0) is 14.8 Å². The molecule has 31 heavy (non-hydrogen) atoms. The number of sulfonamides is 1. The highest BCUT2D eigenvalue weighted by atomic mass is 32.2. The molecular formula is C22H22N4O4S. The number of nitrogens with zero attached hydrogens (tertiary/aromatic N) is 1. The Morgan fingerprint density at radius 2 is 1.87 bits per heavy atom. The summed E-state index contributed by atoms with van der Waals surface area (Å²) in [6.07, 6.45) is 2.02. The van der Waals surface area contributed by atoms with Crippen LogP contribution in [0.1, 0.15) is 31.7 Å². The van der Waals surface area contributed by atoms with Gasteiger partial charge >= 0.3 is 0 Å². The van der Waals surface area contributed by atoms with Crippen LogP contribution in [0.2, 0.25) is 0 Å². The zero-order valence-corrected chi connectivity index (χ0v) is 17.7. The Labute approximate surface area is 179 Å². The van der Waals surface area contributed by atoms with E-state index in [1.807, 2.05) is 13.0 Å². The first-order chi connectivity index (χ1) is 14.9. The standard InChI is InChI=1S/C22H22N4O4S/c1-2-3-11-17(23-20-16-10-6-7-12-18(16)31(29,30)26-20)22(28)25-19-13-14-8-4-5-9-15(14)21(27)24-19/h4-10,12-13,17H,2-3,11H2,1H3,(H,23,26)(H2,24,25,27,28). The Hall–Kier alpha value is -3.46. The Morgan fingerprint density at radius 1 is 1.13 bits per heavy atom. The number of hydrogen-bond acceptors (Lipinski definition) is 5. The molecule has 1 aliphatic rings. The molecule has 0 saturated heterocycles. The van der Waals surface area contributed by atoms with Crippen LogP contribution >= 0.6 is 0 Å². The van der Waals surface area contributed by atoms with Crippen molar-refractivity contribution in [3.8, 4) is 0 Å². The number of pyridine rings is 1. The molecule has 0 fully saturated rings. The second kappa shape index (κ2) is 8.35. The fraction of sp³-hybridized carbons (Fsp3) is 0.227. The zero-order valence-electron chi connectivity index (χ0n) is 16.9. The van der Waals surface area contributed by atoms with Gasteiger partial charge in [0.15, 0.2) is 0 Å². The van der Waals surface area contributed by atoms with Gasteiger partial charge in [0.05, 0.1) is 4.90 Å². The highest BCUT2D eigenvalue weighted by Crippen LogP contribution is 2.23. The summed E-state index contributed by atoms with van der Waals surface area (Å²) in [4.78, 5) is 32.6. The number of anilines is 1. The van der Waals surface area contributed by atoms with Crippen molar-refractivity contribution >= 4 is 38.4 Å². The largest absolute Gasteiger partial charge is 0.310 e. The first kappa shape index (κ1) is 20.8. The molecule has 3 N–H and O–H groups in total. The third-order valence-corrected chi connectivity index (χ3v) is 6.49. The maximum atomic E-state index is 13.0. The summed E-state index contributed by atoms with van der Waals surface area (Å²) in [6.45, 7) is 2.00. The lowest BCUT2D eigenvalue weighted by molar-refractivity contribution is -0.117. The first-order valence-corrected chi connectivity index (χ1v) is 11.5. The van der Waals surface area contributed by atoms with Gasteiger partial charge in [-0.1, -0.05) is 50.1 Å². The Morgan fingerprint density at radius 3 is 2.68 bits per heavy atom. The fourth-order valence-electron chi connectivity index (χ4n) is 3.53. The SMILES string of the molecule is CCCCC(N=C1NS(=O)(=O)c2ccccc21)C(=O)Nc1cc2ccccc2c(=O)[nH]1. The lowest BCUT2D eigenvalue weighted by Gasteiger charge is -2.14. The number of carbonyl (C=O) groups excluding carboxylic acids is 1. The van der Waals surface area contributed by atoms with Gasteiger partial charge in [0.1, 0.15) is 17.7 Å². The molecule has 2 heterocycles. The monoisotopic (exact) mass is 438 g/mol. The van der Waals surface area contributed by atoms with E-state index in [1.54, 1.807) is 42.5 Å². The van der Waals surface area contributed by atoms with Gasteiger partial charge in [-0.15, -0.1) is 0 Å². The Bertz CT molecular complexity index is 1340. The van der Waals surface area contributed by atoms with Crippen LogP contribution in [-0.4, -0.2) is 31.2 Å². The van der Waals surface area contributed by atoms with Gasteiger partial charge < -0.3 is 10.3 Å². The summed E-state index contributed by atoms with van der Waals surface area (Å²) >= 11 is 0. The number of amides is 1. The van der Waals surface area contributed by atoms with E-state index in [2.05, 4.69) is 20.0 Å². The van der Waals surface area contributed by atoms with Crippen molar-refractivity contribution in [2.45, 2.75) is 37.1 Å². The molecule has 9 heteroatoms. The molecule has 0 aliphatic carbocycles. The van der Waals surface area contributed by atoms with Crippen molar-refractivity contribution < 1.29 is 13.2 Å². The molecule has 1 aromatic heterocycles. The lowest BCUT2D eigenvalue weighted by atomic mass is 10.1. The molecule has 1 unspecified atom stereocenters. The second-order valence-electron chi connectivity index (χ2n) is 7.33. The minimum Gasteiger partial charge on any atom is -0.310 e. The average Bonchev–Trinajstić information content (AvgIpc) is 3.01. The van der Waals surface area contributed by atoms with Gasteiger partial charge in [-0.3, -0.25) is 19.3 Å². The molecule has 1 atom stereocenters. The van der Waals surface area contributed by atoms with E-state index in [9.17, 15) is 18.0 Å². The number of fused-ring (bicyclic) bond motifs is 2. The molecular weight excluding hydrogens is 416 g/mol. The Balaban J connectivity index is 1.65. The molecule has 0 saturated carbocycles. The minimum atomic E-state index is -3.70. The van der Waals surface area contributed by atoms with E-state index < -0.39 is 22.0 Å². The van der Waals surface area contributed by atoms with Crippen LogP contribution in [0, 0.1) is 0 Å². The molecule has 1 amide bonds. The molecule has 1 aliphatic heterocycles. The van der Waals surface area contributed by atoms with Crippen LogP contribution < -0.4 is 15.6 Å². The van der Waals surface area contributed by atoms with Crippen molar-refractivity contribution in [3.63, 3.8) is 0 Å². The van der Waals surface area contributed by atoms with Gasteiger partial charge in [-0.05, 0) is 36.1 Å². The summed E-state index contributed by atoms with van der Waals surface area (Å²) in [6, 6.07) is 14.5.